The Bertz CT molecular complexity index is 729. The third-order valence-electron chi connectivity index (χ3n) is 3.09. The number of nitrogens with one attached hydrogen (secondary N) is 1. The van der Waals surface area contributed by atoms with Gasteiger partial charge in [-0.25, -0.2) is 18.0 Å². The number of alkyl halides is 2. The molecule has 0 aromatic carbocycles. The van der Waals surface area contributed by atoms with Gasteiger partial charge in [0, 0.05) is 0 Å². The molecule has 1 aliphatic rings. The number of hydrogen-bond acceptors (Lipinski definition) is 5. The highest BCUT2D eigenvalue weighted by Gasteiger charge is 2.66. The summed E-state index contributed by atoms with van der Waals surface area (Å²) in [6.07, 6.45) is 0.621. The summed E-state index contributed by atoms with van der Waals surface area (Å²) in [4.78, 5) is 13.6. The number of aromatic nitrogens is 2. The first kappa shape index (κ1) is 15.7. The zero-order valence-corrected chi connectivity index (χ0v) is 11.0. The van der Waals surface area contributed by atoms with E-state index in [1.807, 2.05) is 4.98 Å². The van der Waals surface area contributed by atoms with Crippen LogP contribution in [0, 0.1) is 22.8 Å². The minimum absolute atomic E-state index is 0.283. The molecule has 0 radical (unpaired) electrons. The van der Waals surface area contributed by atoms with Gasteiger partial charge in [-0.1, -0.05) is 18.1 Å². The van der Waals surface area contributed by atoms with Crippen molar-refractivity contribution in [1.29, 1.82) is 0 Å². The highest BCUT2D eigenvalue weighted by Crippen LogP contribution is 2.46. The van der Waals surface area contributed by atoms with E-state index in [0.717, 1.165) is 0 Å². The Morgan fingerprint density at radius 2 is 2.24 bits per heavy atom. The van der Waals surface area contributed by atoms with Crippen LogP contribution < -0.4 is 5.69 Å². The molecule has 0 spiro atoms. The van der Waals surface area contributed by atoms with Gasteiger partial charge in [0.15, 0.2) is 18.1 Å². The van der Waals surface area contributed by atoms with E-state index in [9.17, 15) is 23.1 Å². The molecule has 1 aliphatic heterocycles. The molecule has 1 saturated heterocycles. The van der Waals surface area contributed by atoms with E-state index in [2.05, 4.69) is 17.0 Å². The van der Waals surface area contributed by atoms with Crippen molar-refractivity contribution in [3.8, 4) is 12.3 Å². The summed E-state index contributed by atoms with van der Waals surface area (Å²) in [5.41, 5.74) is -4.33. The molecule has 0 amide bonds. The zero-order chi connectivity index (χ0) is 16.0. The fraction of sp³-hybridized carbons (Fsp3) is 0.455. The molecule has 1 aromatic heterocycles. The van der Waals surface area contributed by atoms with Crippen molar-refractivity contribution in [2.75, 3.05) is 6.61 Å². The molecular weight excluding hydrogens is 313 g/mol. The van der Waals surface area contributed by atoms with Crippen molar-refractivity contribution < 1.29 is 28.1 Å². The Labute approximate surface area is 120 Å². The predicted molar refractivity (Wildman–Crippen MR) is 65.6 cm³/mol. The van der Waals surface area contributed by atoms with E-state index in [1.54, 1.807) is 0 Å². The predicted octanol–water partition coefficient (Wildman–Crippen LogP) is -0.0657. The maximum atomic E-state index is 14.6. The Morgan fingerprint density at radius 3 is 2.76 bits per heavy atom. The van der Waals surface area contributed by atoms with E-state index in [0.29, 0.717) is 6.20 Å². The number of aliphatic hydroxyl groups excluding tert-OH is 2. The molecule has 4 atom stereocenters. The average molecular weight is 322 g/mol. The molecule has 1 aromatic rings. The first-order chi connectivity index (χ1) is 9.69. The number of halogens is 3. The third kappa shape index (κ3) is 2.18. The fourth-order valence-electron chi connectivity index (χ4n) is 1.95. The summed E-state index contributed by atoms with van der Waals surface area (Å²) < 4.78 is 46.3. The topological polar surface area (TPSA) is 87.5 Å². The van der Waals surface area contributed by atoms with Crippen LogP contribution in [0.2, 0.25) is 0 Å². The van der Waals surface area contributed by atoms with Crippen LogP contribution >= 0.6 is 12.2 Å². The molecule has 21 heavy (non-hydrogen) atoms. The largest absolute Gasteiger partial charge is 0.390 e. The van der Waals surface area contributed by atoms with E-state index in [4.69, 9.17) is 11.5 Å². The van der Waals surface area contributed by atoms with Crippen LogP contribution in [0.5, 0.6) is 0 Å². The highest BCUT2D eigenvalue weighted by molar-refractivity contribution is 7.71. The average Bonchev–Trinajstić information content (AvgIpc) is 2.66. The van der Waals surface area contributed by atoms with E-state index < -0.39 is 46.6 Å². The van der Waals surface area contributed by atoms with Gasteiger partial charge in [-0.15, -0.1) is 6.42 Å². The molecule has 6 nitrogen and oxygen atoms in total. The van der Waals surface area contributed by atoms with Crippen molar-refractivity contribution in [2.24, 2.45) is 0 Å². The highest BCUT2D eigenvalue weighted by atomic mass is 32.1. The van der Waals surface area contributed by atoms with E-state index >= 15 is 0 Å². The van der Waals surface area contributed by atoms with Gasteiger partial charge in [-0.3, -0.25) is 9.55 Å². The van der Waals surface area contributed by atoms with E-state index in [1.165, 1.54) is 5.92 Å². The molecule has 1 fully saturated rings. The minimum Gasteiger partial charge on any atom is -0.390 e. The second-order valence-corrected chi connectivity index (χ2v) is 4.78. The Balaban J connectivity index is 2.64. The molecule has 0 bridgehead atoms. The van der Waals surface area contributed by atoms with Crippen LogP contribution in [0.3, 0.4) is 0 Å². The van der Waals surface area contributed by atoms with Gasteiger partial charge in [0.05, 0.1) is 6.20 Å². The lowest BCUT2D eigenvalue weighted by Gasteiger charge is -2.23. The Hall–Kier alpha value is -1.67. The maximum Gasteiger partial charge on any atom is 0.328 e. The van der Waals surface area contributed by atoms with Gasteiger partial charge in [0.1, 0.15) is 11.2 Å². The summed E-state index contributed by atoms with van der Waals surface area (Å²) in [5.74, 6) is -2.88. The third-order valence-corrected chi connectivity index (χ3v) is 3.38. The van der Waals surface area contributed by atoms with Crippen LogP contribution in [0.25, 0.3) is 0 Å². The Morgan fingerprint density at radius 1 is 1.62 bits per heavy atom. The summed E-state index contributed by atoms with van der Waals surface area (Å²) in [7, 11) is 0. The van der Waals surface area contributed by atoms with Crippen LogP contribution in [-0.2, 0) is 4.74 Å². The SMILES string of the molecule is C#CC1(F)[C@@H](O)[C@@](F)(CO)O[C@H]1n1cc(F)c(=S)[nH]c1=O. The second-order valence-electron chi connectivity index (χ2n) is 4.37. The van der Waals surface area contributed by atoms with Crippen LogP contribution in [-0.4, -0.2) is 44.0 Å². The quantitative estimate of drug-likeness (QED) is 0.524. The number of aliphatic hydroxyl groups is 2. The maximum absolute atomic E-state index is 14.6. The number of rotatable bonds is 2. The fourth-order valence-corrected chi connectivity index (χ4v) is 2.09. The summed E-state index contributed by atoms with van der Waals surface area (Å²) >= 11 is 4.47. The number of H-pyrrole nitrogens is 1. The van der Waals surface area contributed by atoms with Crippen molar-refractivity contribution >= 4 is 12.2 Å². The number of hydrogen-bond donors (Lipinski definition) is 3. The first-order valence-corrected chi connectivity index (χ1v) is 5.93. The Kier molecular flexibility index (Phi) is 3.71. The van der Waals surface area contributed by atoms with Gasteiger partial charge in [-0.05, 0) is 0 Å². The number of terminal acetylenes is 1. The van der Waals surface area contributed by atoms with Gasteiger partial charge in [-0.2, -0.15) is 0 Å². The standard InChI is InChI=1S/C11H9F3N2O4S/c1-2-10(13)7(18)11(14,4-17)20-8(10)16-3-5(12)6(21)15-9(16)19/h1,3,7-8,17-18H,4H2,(H,15,19,21)/t7-,8-,10?,11-/m1/s1. The molecule has 2 heterocycles. The molecule has 1 unspecified atom stereocenters. The van der Waals surface area contributed by atoms with Crippen LogP contribution in [0.4, 0.5) is 13.2 Å². The summed E-state index contributed by atoms with van der Waals surface area (Å²) in [5, 5.41) is 18.5. The number of ether oxygens (including phenoxy) is 1. The van der Waals surface area contributed by atoms with Crippen LogP contribution in [0.1, 0.15) is 6.23 Å². The normalized spacial score (nSPS) is 35.6. The van der Waals surface area contributed by atoms with Gasteiger partial charge in [0.2, 0.25) is 5.67 Å². The first-order valence-electron chi connectivity index (χ1n) is 5.53. The van der Waals surface area contributed by atoms with Crippen molar-refractivity contribution in [2.45, 2.75) is 23.9 Å². The molecular formula is C11H9F3N2O4S. The number of aromatic amines is 1. The summed E-state index contributed by atoms with van der Waals surface area (Å²) in [6.45, 7) is -1.42. The van der Waals surface area contributed by atoms with Gasteiger partial charge in [0.25, 0.3) is 5.85 Å². The number of nitrogens with zero attached hydrogens (tertiary/aromatic N) is 1. The molecule has 0 aliphatic carbocycles. The lowest BCUT2D eigenvalue weighted by Crippen LogP contribution is -2.48. The lowest BCUT2D eigenvalue weighted by atomic mass is 9.96. The summed E-state index contributed by atoms with van der Waals surface area (Å²) in [6, 6.07) is 0. The van der Waals surface area contributed by atoms with Crippen molar-refractivity contribution in [1.82, 2.24) is 9.55 Å². The van der Waals surface area contributed by atoms with Gasteiger partial charge < -0.3 is 14.9 Å². The van der Waals surface area contributed by atoms with Crippen molar-refractivity contribution in [3.05, 3.63) is 27.1 Å². The molecule has 10 heteroatoms. The van der Waals surface area contributed by atoms with Crippen LogP contribution in [0.15, 0.2) is 11.0 Å². The minimum atomic E-state index is -3.24. The molecule has 114 valence electrons. The monoisotopic (exact) mass is 322 g/mol. The second kappa shape index (κ2) is 4.96. The van der Waals surface area contributed by atoms with E-state index in [-0.39, 0.29) is 4.57 Å². The zero-order valence-electron chi connectivity index (χ0n) is 10.2. The van der Waals surface area contributed by atoms with Crippen molar-refractivity contribution in [3.63, 3.8) is 0 Å². The molecule has 3 N–H and O–H groups in total. The van der Waals surface area contributed by atoms with Gasteiger partial charge >= 0.3 is 5.69 Å². The smallest absolute Gasteiger partial charge is 0.328 e. The molecule has 0 saturated carbocycles. The molecule has 2 rings (SSSR count). The lowest BCUT2D eigenvalue weighted by molar-refractivity contribution is -0.207.